The van der Waals surface area contributed by atoms with Crippen LogP contribution in [0.15, 0.2) is 29.5 Å². The number of nitrogens with zero attached hydrogens (tertiary/aromatic N) is 1. The quantitative estimate of drug-likeness (QED) is 0.555. The number of ether oxygens (including phenoxy) is 1. The molecule has 1 heterocycles. The Morgan fingerprint density at radius 2 is 1.95 bits per heavy atom. The number of anilines is 1. The minimum absolute atomic E-state index is 0.00898. The molecule has 4 N–H and O–H groups in total. The van der Waals surface area contributed by atoms with E-state index in [0.717, 1.165) is 6.07 Å². The third kappa shape index (κ3) is 3.12. The van der Waals surface area contributed by atoms with Crippen molar-refractivity contribution < 1.29 is 29.6 Å². The van der Waals surface area contributed by atoms with Crippen molar-refractivity contribution in [1.29, 1.82) is 0 Å². The van der Waals surface area contributed by atoms with Gasteiger partial charge in [0.25, 0.3) is 5.91 Å². The maximum Gasteiger partial charge on any atom is 0.337 e. The van der Waals surface area contributed by atoms with E-state index in [9.17, 15) is 19.8 Å². The van der Waals surface area contributed by atoms with Gasteiger partial charge in [-0.05, 0) is 0 Å². The van der Waals surface area contributed by atoms with E-state index in [1.54, 1.807) is 0 Å². The highest BCUT2D eigenvalue weighted by Gasteiger charge is 2.34. The van der Waals surface area contributed by atoms with Gasteiger partial charge in [-0.3, -0.25) is 4.79 Å². The fourth-order valence-electron chi connectivity index (χ4n) is 2.16. The number of carbonyl (C=O) groups excluding carboxylic acids is 2. The van der Waals surface area contributed by atoms with Crippen LogP contribution in [0.2, 0.25) is 0 Å². The molecule has 1 amide bonds. The zero-order valence-corrected chi connectivity index (χ0v) is 11.9. The lowest BCUT2D eigenvalue weighted by Crippen LogP contribution is -2.31. The normalized spacial score (nSPS) is 14.5. The Labute approximate surface area is 126 Å². The van der Waals surface area contributed by atoms with E-state index >= 15 is 0 Å². The lowest BCUT2D eigenvalue weighted by atomic mass is 10.2. The number of nitrogens with one attached hydrogen (secondary N) is 1. The first-order valence-corrected chi connectivity index (χ1v) is 6.48. The number of benzene rings is 1. The summed E-state index contributed by atoms with van der Waals surface area (Å²) in [5.74, 6) is -1.53. The molecule has 8 nitrogen and oxygen atoms in total. The van der Waals surface area contributed by atoms with Gasteiger partial charge in [0.2, 0.25) is 0 Å². The first-order chi connectivity index (χ1) is 10.5. The van der Waals surface area contributed by atoms with Crippen LogP contribution in [0.5, 0.6) is 11.5 Å². The molecule has 8 heteroatoms. The van der Waals surface area contributed by atoms with Crippen molar-refractivity contribution in [2.45, 2.75) is 0 Å². The van der Waals surface area contributed by atoms with E-state index < -0.39 is 11.9 Å². The van der Waals surface area contributed by atoms with Gasteiger partial charge in [0.1, 0.15) is 17.2 Å². The average Bonchev–Trinajstić information content (AvgIpc) is 2.75. The molecule has 0 atom stereocenters. The van der Waals surface area contributed by atoms with Crippen molar-refractivity contribution >= 4 is 17.6 Å². The summed E-state index contributed by atoms with van der Waals surface area (Å²) in [7, 11) is 1.20. The lowest BCUT2D eigenvalue weighted by Gasteiger charge is -2.15. The number of rotatable bonds is 5. The number of esters is 1. The molecule has 0 spiro atoms. The van der Waals surface area contributed by atoms with Crippen LogP contribution in [0, 0.1) is 0 Å². The van der Waals surface area contributed by atoms with Crippen LogP contribution in [0.4, 0.5) is 5.69 Å². The highest BCUT2D eigenvalue weighted by molar-refractivity contribution is 6.08. The van der Waals surface area contributed by atoms with Crippen molar-refractivity contribution in [1.82, 2.24) is 4.90 Å². The Hall–Kier alpha value is -2.74. The van der Waals surface area contributed by atoms with Gasteiger partial charge in [0, 0.05) is 30.4 Å². The molecule has 0 radical (unpaired) electrons. The smallest absolute Gasteiger partial charge is 0.337 e. The Morgan fingerprint density at radius 3 is 2.50 bits per heavy atom. The third-order valence-electron chi connectivity index (χ3n) is 3.13. The zero-order chi connectivity index (χ0) is 16.3. The topological polar surface area (TPSA) is 119 Å². The molecule has 1 aromatic carbocycles. The van der Waals surface area contributed by atoms with Gasteiger partial charge in [0.15, 0.2) is 0 Å². The highest BCUT2D eigenvalue weighted by Crippen LogP contribution is 2.28. The summed E-state index contributed by atoms with van der Waals surface area (Å²) in [6, 6.07) is 3.72. The van der Waals surface area contributed by atoms with Gasteiger partial charge in [-0.2, -0.15) is 0 Å². The molecule has 1 aliphatic heterocycles. The predicted molar refractivity (Wildman–Crippen MR) is 76.1 cm³/mol. The fourth-order valence-corrected chi connectivity index (χ4v) is 2.16. The molecule has 1 aromatic rings. The van der Waals surface area contributed by atoms with Gasteiger partial charge in [0.05, 0.1) is 25.8 Å². The second kappa shape index (κ2) is 6.35. The molecule has 0 bridgehead atoms. The number of β-amino-alcohol motifs (C(OH)–C–C–N with tert-alkyl or cyclic N) is 1. The van der Waals surface area contributed by atoms with Gasteiger partial charge < -0.3 is 30.3 Å². The molecule has 0 aromatic heterocycles. The zero-order valence-electron chi connectivity index (χ0n) is 11.9. The van der Waals surface area contributed by atoms with Gasteiger partial charge >= 0.3 is 5.97 Å². The highest BCUT2D eigenvalue weighted by atomic mass is 16.5. The monoisotopic (exact) mass is 308 g/mol. The Bertz CT molecular complexity index is 620. The maximum absolute atomic E-state index is 12.3. The van der Waals surface area contributed by atoms with E-state index in [-0.39, 0.29) is 48.2 Å². The average molecular weight is 308 g/mol. The number of amides is 1. The summed E-state index contributed by atoms with van der Waals surface area (Å²) in [5, 5.41) is 30.6. The molecular formula is C14H16N2O6. The number of hydrogen-bond acceptors (Lipinski definition) is 7. The number of phenolic OH excluding ortho intramolecular Hbond substituents is 2. The molecule has 2 rings (SSSR count). The van der Waals surface area contributed by atoms with E-state index in [4.69, 9.17) is 5.11 Å². The maximum atomic E-state index is 12.3. The predicted octanol–water partition coefficient (Wildman–Crippen LogP) is -0.229. The SMILES string of the molecule is COC(=O)C1=C(Nc2cc(O)cc(O)c2)C(=O)N(CCO)C1. The van der Waals surface area contributed by atoms with E-state index in [1.807, 2.05) is 0 Å². The number of hydrogen-bond donors (Lipinski definition) is 4. The summed E-state index contributed by atoms with van der Waals surface area (Å²) >= 11 is 0. The number of methoxy groups -OCH3 is 1. The fraction of sp³-hybridized carbons (Fsp3) is 0.286. The summed E-state index contributed by atoms with van der Waals surface area (Å²) in [6.07, 6.45) is 0. The summed E-state index contributed by atoms with van der Waals surface area (Å²) in [6.45, 7) is -0.143. The van der Waals surface area contributed by atoms with Crippen molar-refractivity contribution in [2.24, 2.45) is 0 Å². The van der Waals surface area contributed by atoms with Crippen LogP contribution >= 0.6 is 0 Å². The van der Waals surface area contributed by atoms with E-state index in [1.165, 1.54) is 24.1 Å². The molecule has 118 valence electrons. The number of aliphatic hydroxyl groups is 1. The second-order valence-corrected chi connectivity index (χ2v) is 4.66. The first-order valence-electron chi connectivity index (χ1n) is 6.48. The largest absolute Gasteiger partial charge is 0.508 e. The van der Waals surface area contributed by atoms with E-state index in [2.05, 4.69) is 10.1 Å². The Morgan fingerprint density at radius 1 is 1.32 bits per heavy atom. The summed E-state index contributed by atoms with van der Waals surface area (Å²) in [5.41, 5.74) is 0.349. The van der Waals surface area contributed by atoms with Crippen LogP contribution in [-0.2, 0) is 14.3 Å². The van der Waals surface area contributed by atoms with Crippen LogP contribution in [-0.4, -0.2) is 58.9 Å². The molecule has 0 fully saturated rings. The molecular weight excluding hydrogens is 292 g/mol. The summed E-state index contributed by atoms with van der Waals surface area (Å²) < 4.78 is 4.65. The van der Waals surface area contributed by atoms with Crippen molar-refractivity contribution in [2.75, 3.05) is 32.1 Å². The van der Waals surface area contributed by atoms with Crippen LogP contribution in [0.25, 0.3) is 0 Å². The lowest BCUT2D eigenvalue weighted by molar-refractivity contribution is -0.136. The Balaban J connectivity index is 2.34. The molecule has 0 aliphatic carbocycles. The van der Waals surface area contributed by atoms with Gasteiger partial charge in [-0.25, -0.2) is 4.79 Å². The molecule has 1 aliphatic rings. The minimum Gasteiger partial charge on any atom is -0.508 e. The van der Waals surface area contributed by atoms with Crippen molar-refractivity contribution in [3.8, 4) is 11.5 Å². The number of aliphatic hydroxyl groups excluding tert-OH is 1. The molecule has 0 saturated heterocycles. The van der Waals surface area contributed by atoms with Crippen LogP contribution < -0.4 is 5.32 Å². The Kier molecular flexibility index (Phi) is 4.52. The second-order valence-electron chi connectivity index (χ2n) is 4.66. The molecule has 0 saturated carbocycles. The van der Waals surface area contributed by atoms with Crippen molar-refractivity contribution in [3.05, 3.63) is 29.5 Å². The van der Waals surface area contributed by atoms with Crippen molar-refractivity contribution in [3.63, 3.8) is 0 Å². The van der Waals surface area contributed by atoms with Gasteiger partial charge in [-0.1, -0.05) is 0 Å². The molecule has 0 unspecified atom stereocenters. The minimum atomic E-state index is -0.666. The number of aromatic hydroxyl groups is 2. The number of carbonyl (C=O) groups is 2. The summed E-state index contributed by atoms with van der Waals surface area (Å²) in [4.78, 5) is 25.3. The third-order valence-corrected chi connectivity index (χ3v) is 3.13. The van der Waals surface area contributed by atoms with Crippen LogP contribution in [0.3, 0.4) is 0 Å². The van der Waals surface area contributed by atoms with E-state index in [0.29, 0.717) is 0 Å². The standard InChI is InChI=1S/C14H16N2O6/c1-22-14(21)11-7-16(2-3-17)13(20)12(11)15-8-4-9(18)6-10(19)5-8/h4-6,15,17-19H,2-3,7H2,1H3. The molecule has 22 heavy (non-hydrogen) atoms. The first kappa shape index (κ1) is 15.6. The number of phenols is 2. The van der Waals surface area contributed by atoms with Crippen LogP contribution in [0.1, 0.15) is 0 Å². The van der Waals surface area contributed by atoms with Gasteiger partial charge in [-0.15, -0.1) is 0 Å².